The van der Waals surface area contributed by atoms with Crippen LogP contribution >= 0.6 is 0 Å². The average Bonchev–Trinajstić information content (AvgIpc) is 2.73. The standard InChI is InChI=1S/C21H21FN4O2/c1-26(16-8-10-23-11-9-16)20-19(13-2-5-15(22)6-3-13)24-17-7-4-14(21(27)28)12-18(17)25-20/h2-7,12,16,23H,8-11H2,1H3,(H,27,28). The molecular formula is C21H21FN4O2. The highest BCUT2D eigenvalue weighted by atomic mass is 19.1. The van der Waals surface area contributed by atoms with Crippen LogP contribution in [0, 0.1) is 5.82 Å². The largest absolute Gasteiger partial charge is 0.478 e. The molecule has 2 N–H and O–H groups in total. The van der Waals surface area contributed by atoms with Crippen molar-refractivity contribution in [3.05, 3.63) is 53.8 Å². The van der Waals surface area contributed by atoms with Crippen molar-refractivity contribution in [1.29, 1.82) is 0 Å². The molecule has 6 nitrogen and oxygen atoms in total. The number of carboxylic acid groups (broad SMARTS) is 1. The maximum atomic E-state index is 13.4. The van der Waals surface area contributed by atoms with Crippen molar-refractivity contribution in [2.75, 3.05) is 25.0 Å². The number of rotatable bonds is 4. The van der Waals surface area contributed by atoms with Gasteiger partial charge in [0, 0.05) is 18.7 Å². The third-order valence-corrected chi connectivity index (χ3v) is 5.20. The lowest BCUT2D eigenvalue weighted by molar-refractivity contribution is 0.0697. The van der Waals surface area contributed by atoms with Gasteiger partial charge in [-0.3, -0.25) is 0 Å². The van der Waals surface area contributed by atoms with E-state index in [4.69, 9.17) is 9.97 Å². The fraction of sp³-hybridized carbons (Fsp3) is 0.286. The molecule has 0 unspecified atom stereocenters. The number of anilines is 1. The third kappa shape index (κ3) is 3.53. The van der Waals surface area contributed by atoms with Gasteiger partial charge < -0.3 is 15.3 Å². The van der Waals surface area contributed by atoms with Crippen molar-refractivity contribution < 1.29 is 14.3 Å². The molecule has 0 aliphatic carbocycles. The molecule has 28 heavy (non-hydrogen) atoms. The average molecular weight is 380 g/mol. The molecule has 0 atom stereocenters. The minimum atomic E-state index is -1.00. The summed E-state index contributed by atoms with van der Waals surface area (Å²) in [5.41, 5.74) is 2.74. The Kier molecular flexibility index (Phi) is 4.92. The number of hydrogen-bond acceptors (Lipinski definition) is 5. The van der Waals surface area contributed by atoms with Gasteiger partial charge in [-0.05, 0) is 68.4 Å². The number of carbonyl (C=O) groups is 1. The van der Waals surface area contributed by atoms with Gasteiger partial charge >= 0.3 is 5.97 Å². The molecule has 4 rings (SSSR count). The number of nitrogens with one attached hydrogen (secondary N) is 1. The summed E-state index contributed by atoms with van der Waals surface area (Å²) < 4.78 is 13.4. The van der Waals surface area contributed by atoms with Gasteiger partial charge in [0.15, 0.2) is 5.82 Å². The lowest BCUT2D eigenvalue weighted by Crippen LogP contribution is -2.41. The van der Waals surface area contributed by atoms with Crippen LogP contribution in [0.1, 0.15) is 23.2 Å². The van der Waals surface area contributed by atoms with E-state index in [-0.39, 0.29) is 11.4 Å². The number of aromatic carboxylic acids is 1. The highest BCUT2D eigenvalue weighted by Gasteiger charge is 2.23. The van der Waals surface area contributed by atoms with Crippen molar-refractivity contribution >= 4 is 22.8 Å². The quantitative estimate of drug-likeness (QED) is 0.723. The summed E-state index contributed by atoms with van der Waals surface area (Å²) in [7, 11) is 1.99. The van der Waals surface area contributed by atoms with Crippen molar-refractivity contribution in [2.24, 2.45) is 0 Å². The Morgan fingerprint density at radius 1 is 1.11 bits per heavy atom. The van der Waals surface area contributed by atoms with Gasteiger partial charge in [-0.1, -0.05) is 0 Å². The molecule has 0 spiro atoms. The Morgan fingerprint density at radius 3 is 2.50 bits per heavy atom. The van der Waals surface area contributed by atoms with Gasteiger partial charge in [0.2, 0.25) is 0 Å². The summed E-state index contributed by atoms with van der Waals surface area (Å²) in [6.45, 7) is 1.87. The number of aromatic nitrogens is 2. The first-order chi connectivity index (χ1) is 13.5. The summed E-state index contributed by atoms with van der Waals surface area (Å²) in [5, 5.41) is 12.6. The summed E-state index contributed by atoms with van der Waals surface area (Å²) in [5.74, 6) is -0.634. The smallest absolute Gasteiger partial charge is 0.335 e. The maximum Gasteiger partial charge on any atom is 0.335 e. The van der Waals surface area contributed by atoms with Crippen LogP contribution in [-0.2, 0) is 0 Å². The van der Waals surface area contributed by atoms with Crippen molar-refractivity contribution in [3.63, 3.8) is 0 Å². The van der Waals surface area contributed by atoms with Gasteiger partial charge in [0.25, 0.3) is 0 Å². The highest BCUT2D eigenvalue weighted by molar-refractivity contribution is 5.93. The summed E-state index contributed by atoms with van der Waals surface area (Å²) in [6, 6.07) is 11.2. The first-order valence-corrected chi connectivity index (χ1v) is 9.27. The topological polar surface area (TPSA) is 78.4 Å². The molecule has 0 saturated carbocycles. The van der Waals surface area contributed by atoms with Crippen LogP contribution in [0.5, 0.6) is 0 Å². The molecule has 1 saturated heterocycles. The van der Waals surface area contributed by atoms with Crippen molar-refractivity contribution in [3.8, 4) is 11.3 Å². The van der Waals surface area contributed by atoms with Crippen molar-refractivity contribution in [2.45, 2.75) is 18.9 Å². The second-order valence-corrected chi connectivity index (χ2v) is 7.00. The second-order valence-electron chi connectivity index (χ2n) is 7.00. The molecule has 1 fully saturated rings. The molecule has 1 aliphatic heterocycles. The number of fused-ring (bicyclic) bond motifs is 1. The maximum absolute atomic E-state index is 13.4. The number of carboxylic acids is 1. The van der Waals surface area contributed by atoms with Crippen LogP contribution in [0.2, 0.25) is 0 Å². The SMILES string of the molecule is CN(c1nc2cc(C(=O)O)ccc2nc1-c1ccc(F)cc1)C1CCNCC1. The van der Waals surface area contributed by atoms with E-state index in [1.165, 1.54) is 18.2 Å². The van der Waals surface area contributed by atoms with Gasteiger partial charge in [-0.15, -0.1) is 0 Å². The summed E-state index contributed by atoms with van der Waals surface area (Å²) in [6.07, 6.45) is 1.96. The zero-order valence-electron chi connectivity index (χ0n) is 15.5. The molecule has 7 heteroatoms. The minimum Gasteiger partial charge on any atom is -0.478 e. The second kappa shape index (κ2) is 7.52. The molecule has 2 aromatic carbocycles. The molecule has 0 radical (unpaired) electrons. The Morgan fingerprint density at radius 2 is 1.82 bits per heavy atom. The van der Waals surface area contributed by atoms with Crippen LogP contribution in [-0.4, -0.2) is 47.2 Å². The zero-order chi connectivity index (χ0) is 19.7. The van der Waals surface area contributed by atoms with E-state index in [0.717, 1.165) is 31.5 Å². The van der Waals surface area contributed by atoms with Gasteiger partial charge in [-0.25, -0.2) is 19.2 Å². The fourth-order valence-corrected chi connectivity index (χ4v) is 3.59. The molecule has 1 aliphatic rings. The highest BCUT2D eigenvalue weighted by Crippen LogP contribution is 2.31. The van der Waals surface area contributed by atoms with Gasteiger partial charge in [0.1, 0.15) is 11.5 Å². The minimum absolute atomic E-state index is 0.173. The molecule has 3 aromatic rings. The molecule has 144 valence electrons. The predicted molar refractivity (Wildman–Crippen MR) is 106 cm³/mol. The molecule has 2 heterocycles. The normalized spacial score (nSPS) is 14.9. The van der Waals surface area contributed by atoms with E-state index < -0.39 is 5.97 Å². The number of benzene rings is 2. The molecular weight excluding hydrogens is 359 g/mol. The molecule has 0 amide bonds. The Balaban J connectivity index is 1.87. The number of nitrogens with zero attached hydrogens (tertiary/aromatic N) is 3. The molecule has 0 bridgehead atoms. The number of piperidine rings is 1. The Labute approximate surface area is 162 Å². The third-order valence-electron chi connectivity index (χ3n) is 5.20. The Hall–Kier alpha value is -3.06. The van der Waals surface area contributed by atoms with E-state index in [1.807, 2.05) is 7.05 Å². The van der Waals surface area contributed by atoms with E-state index in [2.05, 4.69) is 10.2 Å². The first kappa shape index (κ1) is 18.3. The van der Waals surface area contributed by atoms with E-state index >= 15 is 0 Å². The zero-order valence-corrected chi connectivity index (χ0v) is 15.5. The van der Waals surface area contributed by atoms with Crippen LogP contribution in [0.3, 0.4) is 0 Å². The van der Waals surface area contributed by atoms with E-state index in [1.54, 1.807) is 24.3 Å². The van der Waals surface area contributed by atoms with Crippen LogP contribution < -0.4 is 10.2 Å². The van der Waals surface area contributed by atoms with Crippen LogP contribution in [0.25, 0.3) is 22.3 Å². The predicted octanol–water partition coefficient (Wildman–Crippen LogP) is 3.32. The Bertz CT molecular complexity index is 1020. The number of hydrogen-bond donors (Lipinski definition) is 2. The first-order valence-electron chi connectivity index (χ1n) is 9.27. The van der Waals surface area contributed by atoms with Crippen LogP contribution in [0.4, 0.5) is 10.2 Å². The number of halogens is 1. The van der Waals surface area contributed by atoms with Gasteiger partial charge in [0.05, 0.1) is 16.6 Å². The van der Waals surface area contributed by atoms with Crippen LogP contribution in [0.15, 0.2) is 42.5 Å². The lowest BCUT2D eigenvalue weighted by atomic mass is 10.0. The monoisotopic (exact) mass is 380 g/mol. The van der Waals surface area contributed by atoms with Crippen molar-refractivity contribution in [1.82, 2.24) is 15.3 Å². The summed E-state index contributed by atoms with van der Waals surface area (Å²) >= 11 is 0. The fourth-order valence-electron chi connectivity index (χ4n) is 3.59. The lowest BCUT2D eigenvalue weighted by Gasteiger charge is -2.33. The molecule has 1 aromatic heterocycles. The van der Waals surface area contributed by atoms with E-state index in [9.17, 15) is 14.3 Å². The van der Waals surface area contributed by atoms with E-state index in [0.29, 0.717) is 28.6 Å². The van der Waals surface area contributed by atoms with Gasteiger partial charge in [-0.2, -0.15) is 0 Å². The summed E-state index contributed by atoms with van der Waals surface area (Å²) in [4.78, 5) is 23.0.